The number of nitrogens with zero attached hydrogens (tertiary/aromatic N) is 2. The van der Waals surface area contributed by atoms with Crippen LogP contribution >= 0.6 is 11.3 Å². The van der Waals surface area contributed by atoms with Crippen molar-refractivity contribution < 1.29 is 4.74 Å². The molecule has 1 fully saturated rings. The van der Waals surface area contributed by atoms with Crippen LogP contribution in [0.4, 0.5) is 5.69 Å². The number of aromatic nitrogens is 1. The molecule has 0 spiro atoms. The number of thiazole rings is 1. The lowest BCUT2D eigenvalue weighted by molar-refractivity contribution is 0.0364. The Balaban J connectivity index is 1.77. The summed E-state index contributed by atoms with van der Waals surface area (Å²) in [4.78, 5) is 14.5. The summed E-state index contributed by atoms with van der Waals surface area (Å²) in [6.45, 7) is 5.03. The maximum atomic E-state index is 12.1. The Morgan fingerprint density at radius 3 is 2.57 bits per heavy atom. The third-order valence-electron chi connectivity index (χ3n) is 3.73. The van der Waals surface area contributed by atoms with Gasteiger partial charge in [-0.3, -0.25) is 14.3 Å². The van der Waals surface area contributed by atoms with E-state index in [0.29, 0.717) is 6.54 Å². The molecule has 1 aliphatic rings. The van der Waals surface area contributed by atoms with Crippen LogP contribution in [0.5, 0.6) is 0 Å². The second-order valence-corrected chi connectivity index (χ2v) is 5.94. The van der Waals surface area contributed by atoms with Gasteiger partial charge < -0.3 is 10.5 Å². The Hall–Kier alpha value is -1.63. The Bertz CT molecular complexity index is 642. The van der Waals surface area contributed by atoms with Gasteiger partial charge in [0.15, 0.2) is 0 Å². The Kier molecular flexibility index (Phi) is 4.38. The summed E-state index contributed by atoms with van der Waals surface area (Å²) in [7, 11) is 0. The fraction of sp³-hybridized carbons (Fsp3) is 0.400. The number of morpholine rings is 1. The second-order valence-electron chi connectivity index (χ2n) is 5.11. The van der Waals surface area contributed by atoms with Crippen molar-refractivity contribution in [3.8, 4) is 11.3 Å². The van der Waals surface area contributed by atoms with Gasteiger partial charge in [-0.1, -0.05) is 23.5 Å². The summed E-state index contributed by atoms with van der Waals surface area (Å²) in [5.41, 5.74) is 8.45. The van der Waals surface area contributed by atoms with Crippen LogP contribution < -0.4 is 10.6 Å². The predicted molar refractivity (Wildman–Crippen MR) is 85.7 cm³/mol. The van der Waals surface area contributed by atoms with Crippen molar-refractivity contribution in [2.45, 2.75) is 6.54 Å². The molecule has 1 aliphatic heterocycles. The zero-order chi connectivity index (χ0) is 14.7. The van der Waals surface area contributed by atoms with Gasteiger partial charge in [0.05, 0.1) is 18.9 Å². The van der Waals surface area contributed by atoms with Crippen molar-refractivity contribution in [1.29, 1.82) is 0 Å². The van der Waals surface area contributed by atoms with Crippen molar-refractivity contribution in [3.05, 3.63) is 39.3 Å². The molecule has 3 rings (SSSR count). The van der Waals surface area contributed by atoms with Crippen molar-refractivity contribution >= 4 is 17.0 Å². The average molecular weight is 305 g/mol. The van der Waals surface area contributed by atoms with E-state index in [1.807, 2.05) is 34.2 Å². The smallest absolute Gasteiger partial charge is 0.307 e. The first-order valence-corrected chi connectivity index (χ1v) is 7.96. The lowest BCUT2D eigenvalue weighted by Crippen LogP contribution is -2.39. The summed E-state index contributed by atoms with van der Waals surface area (Å²) in [6.07, 6.45) is 0. The number of rotatable bonds is 4. The Morgan fingerprint density at radius 1 is 1.14 bits per heavy atom. The molecule has 5 nitrogen and oxygen atoms in total. The van der Waals surface area contributed by atoms with Crippen molar-refractivity contribution in [1.82, 2.24) is 9.47 Å². The minimum absolute atomic E-state index is 0.0927. The van der Waals surface area contributed by atoms with E-state index >= 15 is 0 Å². The molecule has 0 saturated carbocycles. The molecular weight excluding hydrogens is 286 g/mol. The van der Waals surface area contributed by atoms with E-state index < -0.39 is 0 Å². The predicted octanol–water partition coefficient (Wildman–Crippen LogP) is 1.49. The van der Waals surface area contributed by atoms with E-state index in [1.165, 1.54) is 11.3 Å². The number of ether oxygens (including phenoxy) is 1. The summed E-state index contributed by atoms with van der Waals surface area (Å²) in [5.74, 6) is 0. The molecule has 0 radical (unpaired) electrons. The topological polar surface area (TPSA) is 60.5 Å². The molecule has 1 aromatic heterocycles. The van der Waals surface area contributed by atoms with Crippen molar-refractivity contribution in [2.24, 2.45) is 0 Å². The largest absolute Gasteiger partial charge is 0.399 e. The minimum Gasteiger partial charge on any atom is -0.399 e. The van der Waals surface area contributed by atoms with Crippen LogP contribution in [-0.2, 0) is 11.3 Å². The fourth-order valence-electron chi connectivity index (χ4n) is 2.49. The van der Waals surface area contributed by atoms with Crippen LogP contribution in [0.25, 0.3) is 11.3 Å². The monoisotopic (exact) mass is 305 g/mol. The molecule has 0 bridgehead atoms. The quantitative estimate of drug-likeness (QED) is 0.870. The number of nitrogen functional groups attached to an aromatic ring is 1. The molecule has 112 valence electrons. The molecule has 0 aliphatic carbocycles. The zero-order valence-corrected chi connectivity index (χ0v) is 12.6. The normalized spacial score (nSPS) is 16.2. The minimum atomic E-state index is 0.0927. The van der Waals surface area contributed by atoms with Gasteiger partial charge in [-0.2, -0.15) is 0 Å². The molecule has 2 aromatic rings. The Morgan fingerprint density at radius 2 is 1.86 bits per heavy atom. The van der Waals surface area contributed by atoms with Crippen LogP contribution in [0, 0.1) is 0 Å². The maximum Gasteiger partial charge on any atom is 0.307 e. The van der Waals surface area contributed by atoms with Crippen LogP contribution in [0.2, 0.25) is 0 Å². The van der Waals surface area contributed by atoms with Crippen LogP contribution in [0.1, 0.15) is 0 Å². The van der Waals surface area contributed by atoms with E-state index in [1.54, 1.807) is 0 Å². The van der Waals surface area contributed by atoms with Gasteiger partial charge in [0.25, 0.3) is 0 Å². The van der Waals surface area contributed by atoms with Gasteiger partial charge in [-0.15, -0.1) is 0 Å². The first-order chi connectivity index (χ1) is 10.2. The van der Waals surface area contributed by atoms with Gasteiger partial charge in [-0.25, -0.2) is 0 Å². The molecule has 0 amide bonds. The van der Waals surface area contributed by atoms with Gasteiger partial charge in [0.1, 0.15) is 0 Å². The summed E-state index contributed by atoms with van der Waals surface area (Å²) in [5, 5.41) is 1.92. The first kappa shape index (κ1) is 14.3. The highest BCUT2D eigenvalue weighted by molar-refractivity contribution is 7.07. The maximum absolute atomic E-state index is 12.1. The highest BCUT2D eigenvalue weighted by Crippen LogP contribution is 2.21. The number of anilines is 1. The molecule has 1 aromatic carbocycles. The molecule has 0 unspecified atom stereocenters. The molecular formula is C15H19N3O2S. The van der Waals surface area contributed by atoms with Gasteiger partial charge in [-0.05, 0) is 17.7 Å². The molecule has 2 N–H and O–H groups in total. The van der Waals surface area contributed by atoms with E-state index in [2.05, 4.69) is 4.90 Å². The third-order valence-corrected chi connectivity index (χ3v) is 4.50. The average Bonchev–Trinajstić information content (AvgIpc) is 2.88. The lowest BCUT2D eigenvalue weighted by Gasteiger charge is -2.26. The van der Waals surface area contributed by atoms with Crippen LogP contribution in [-0.4, -0.2) is 42.3 Å². The Labute approximate surface area is 127 Å². The van der Waals surface area contributed by atoms with E-state index in [9.17, 15) is 4.79 Å². The van der Waals surface area contributed by atoms with E-state index in [-0.39, 0.29) is 4.87 Å². The summed E-state index contributed by atoms with van der Waals surface area (Å²) < 4.78 is 7.20. The molecule has 21 heavy (non-hydrogen) atoms. The van der Waals surface area contributed by atoms with E-state index in [4.69, 9.17) is 10.5 Å². The molecule has 1 saturated heterocycles. The van der Waals surface area contributed by atoms with Crippen molar-refractivity contribution in [3.63, 3.8) is 0 Å². The standard InChI is InChI=1S/C15H19N3O2S/c16-13-3-1-12(2-4-13)14-11-21-15(19)18(14)6-5-17-7-9-20-10-8-17/h1-4,11H,5-10,16H2. The fourth-order valence-corrected chi connectivity index (χ4v) is 3.28. The number of hydrogen-bond donors (Lipinski definition) is 1. The van der Waals surface area contributed by atoms with Crippen molar-refractivity contribution in [2.75, 3.05) is 38.6 Å². The van der Waals surface area contributed by atoms with Crippen LogP contribution in [0.3, 0.4) is 0 Å². The van der Waals surface area contributed by atoms with Gasteiger partial charge in [0, 0.05) is 37.2 Å². The SMILES string of the molecule is Nc1ccc(-c2csc(=O)n2CCN2CCOCC2)cc1. The third kappa shape index (κ3) is 3.34. The summed E-state index contributed by atoms with van der Waals surface area (Å²) >= 11 is 1.25. The summed E-state index contributed by atoms with van der Waals surface area (Å²) in [6, 6.07) is 7.65. The van der Waals surface area contributed by atoms with E-state index in [0.717, 1.165) is 49.8 Å². The lowest BCUT2D eigenvalue weighted by atomic mass is 10.1. The highest BCUT2D eigenvalue weighted by Gasteiger charge is 2.13. The number of nitrogens with two attached hydrogens (primary N) is 1. The molecule has 2 heterocycles. The molecule has 0 atom stereocenters. The van der Waals surface area contributed by atoms with Gasteiger partial charge in [0.2, 0.25) is 0 Å². The molecule has 6 heteroatoms. The zero-order valence-electron chi connectivity index (χ0n) is 11.8. The second kappa shape index (κ2) is 6.43. The number of benzene rings is 1. The van der Waals surface area contributed by atoms with Gasteiger partial charge >= 0.3 is 4.87 Å². The first-order valence-electron chi connectivity index (χ1n) is 7.08. The van der Waals surface area contributed by atoms with Crippen LogP contribution in [0.15, 0.2) is 34.4 Å². The highest BCUT2D eigenvalue weighted by atomic mass is 32.1. The number of hydrogen-bond acceptors (Lipinski definition) is 5.